The molecule has 0 aromatic heterocycles. The van der Waals surface area contributed by atoms with Crippen LogP contribution < -0.4 is 4.90 Å². The topological polar surface area (TPSA) is 89.8 Å². The van der Waals surface area contributed by atoms with Gasteiger partial charge in [0.1, 0.15) is 0 Å². The second-order valence-electron chi connectivity index (χ2n) is 6.28. The average molecular weight is 350 g/mol. The number of para-hydroxylation sites is 1. The van der Waals surface area contributed by atoms with Crippen molar-refractivity contribution in [3.63, 3.8) is 0 Å². The molecule has 26 heavy (non-hydrogen) atoms. The van der Waals surface area contributed by atoms with Gasteiger partial charge in [0.15, 0.2) is 0 Å². The summed E-state index contributed by atoms with van der Waals surface area (Å²) in [6.45, 7) is 0. The largest absolute Gasteiger partial charge is 0.440 e. The number of fused-ring (bicyclic) bond motifs is 2. The molecule has 1 amide bonds. The number of anilines is 1. The van der Waals surface area contributed by atoms with E-state index in [0.717, 1.165) is 0 Å². The van der Waals surface area contributed by atoms with Gasteiger partial charge >= 0.3 is 5.97 Å². The number of nitro groups is 1. The summed E-state index contributed by atoms with van der Waals surface area (Å²) in [4.78, 5) is 37.0. The van der Waals surface area contributed by atoms with Gasteiger partial charge in [-0.3, -0.25) is 14.9 Å². The Morgan fingerprint density at radius 3 is 2.50 bits per heavy atom. The molecule has 2 aromatic rings. The molecule has 0 aliphatic carbocycles. The Labute approximate surface area is 148 Å². The lowest BCUT2D eigenvalue weighted by molar-refractivity contribution is -0.384. The lowest BCUT2D eigenvalue weighted by atomic mass is 9.83. The molecule has 2 aromatic carbocycles. The van der Waals surface area contributed by atoms with Gasteiger partial charge in [0.05, 0.1) is 10.6 Å². The van der Waals surface area contributed by atoms with Gasteiger partial charge in [0, 0.05) is 37.2 Å². The van der Waals surface area contributed by atoms with Gasteiger partial charge in [-0.2, -0.15) is 0 Å². The molecule has 4 rings (SSSR count). The Morgan fingerprint density at radius 2 is 1.81 bits per heavy atom. The number of carbonyl (C=O) groups is 2. The number of nitro benzene ring substituents is 1. The highest BCUT2D eigenvalue weighted by Crippen LogP contribution is 2.49. The number of esters is 1. The third kappa shape index (κ3) is 2.21. The minimum atomic E-state index is -1.39. The number of ether oxygens (including phenoxy) is 1. The Balaban J connectivity index is 1.78. The number of likely N-dealkylation sites (N-methyl/N-ethyl adjacent to an activating group) is 1. The normalized spacial score (nSPS) is 21.4. The molecule has 0 bridgehead atoms. The minimum absolute atomic E-state index is 0.0375. The third-order valence-corrected chi connectivity index (χ3v) is 4.81. The number of rotatable bonds is 2. The summed E-state index contributed by atoms with van der Waals surface area (Å²) >= 11 is 0. The molecule has 7 nitrogen and oxygen atoms in total. The molecular formula is C19H14N2O5. The molecule has 2 heterocycles. The predicted molar refractivity (Wildman–Crippen MR) is 93.3 cm³/mol. The van der Waals surface area contributed by atoms with E-state index < -0.39 is 16.5 Å². The van der Waals surface area contributed by atoms with E-state index in [1.807, 2.05) is 6.07 Å². The molecule has 1 atom stereocenters. The van der Waals surface area contributed by atoms with Crippen molar-refractivity contribution in [3.8, 4) is 0 Å². The van der Waals surface area contributed by atoms with Gasteiger partial charge in [0.2, 0.25) is 5.60 Å². The van der Waals surface area contributed by atoms with E-state index in [1.165, 1.54) is 23.1 Å². The van der Waals surface area contributed by atoms with Crippen LogP contribution in [0, 0.1) is 10.1 Å². The van der Waals surface area contributed by atoms with Gasteiger partial charge in [-0.25, -0.2) is 4.79 Å². The summed E-state index contributed by atoms with van der Waals surface area (Å²) < 4.78 is 5.54. The second-order valence-corrected chi connectivity index (χ2v) is 6.28. The molecule has 0 radical (unpaired) electrons. The SMILES string of the molecule is CN1C(=O)[C@@]2(CC(c3ccc([N+](=O)[O-])cc3)=CC(=O)O2)c2ccccc21. The summed E-state index contributed by atoms with van der Waals surface area (Å²) in [5.41, 5.74) is 1.17. The second kappa shape index (κ2) is 5.52. The van der Waals surface area contributed by atoms with Crippen LogP contribution in [0.4, 0.5) is 11.4 Å². The fraction of sp³-hybridized carbons (Fsp3) is 0.158. The Kier molecular flexibility index (Phi) is 3.40. The van der Waals surface area contributed by atoms with Crippen molar-refractivity contribution < 1.29 is 19.2 Å². The van der Waals surface area contributed by atoms with E-state index in [0.29, 0.717) is 22.4 Å². The number of non-ortho nitro benzene ring substituents is 1. The zero-order valence-electron chi connectivity index (χ0n) is 13.8. The van der Waals surface area contributed by atoms with Crippen LogP contribution in [-0.4, -0.2) is 23.8 Å². The number of hydrogen-bond acceptors (Lipinski definition) is 5. The monoisotopic (exact) mass is 350 g/mol. The Hall–Kier alpha value is -3.48. The highest BCUT2D eigenvalue weighted by atomic mass is 16.6. The van der Waals surface area contributed by atoms with Crippen molar-refractivity contribution in [1.82, 2.24) is 0 Å². The van der Waals surface area contributed by atoms with E-state index >= 15 is 0 Å². The maximum Gasteiger partial charge on any atom is 0.332 e. The zero-order chi connectivity index (χ0) is 18.5. The van der Waals surface area contributed by atoms with Crippen molar-refractivity contribution in [1.29, 1.82) is 0 Å². The third-order valence-electron chi connectivity index (χ3n) is 4.81. The highest BCUT2D eigenvalue weighted by molar-refractivity contribution is 6.10. The van der Waals surface area contributed by atoms with E-state index in [9.17, 15) is 19.7 Å². The van der Waals surface area contributed by atoms with E-state index in [1.54, 1.807) is 37.4 Å². The Morgan fingerprint density at radius 1 is 1.12 bits per heavy atom. The molecule has 0 N–H and O–H groups in total. The standard InChI is InChI=1S/C19H14N2O5/c1-20-16-5-3-2-4-15(16)19(18(20)23)11-13(10-17(22)26-19)12-6-8-14(9-7-12)21(24)25/h2-10H,11H2,1H3/t19-/m1/s1. The van der Waals surface area contributed by atoms with Gasteiger partial charge in [0.25, 0.3) is 11.6 Å². The van der Waals surface area contributed by atoms with E-state index in [-0.39, 0.29) is 18.0 Å². The molecule has 7 heteroatoms. The maximum absolute atomic E-state index is 12.9. The fourth-order valence-corrected chi connectivity index (χ4v) is 3.55. The van der Waals surface area contributed by atoms with Crippen LogP contribution in [0.15, 0.2) is 54.6 Å². The molecule has 2 aliphatic rings. The molecule has 0 saturated heterocycles. The number of carbonyl (C=O) groups excluding carboxylic acids is 2. The summed E-state index contributed by atoms with van der Waals surface area (Å²) in [5.74, 6) is -0.914. The van der Waals surface area contributed by atoms with Crippen molar-refractivity contribution >= 4 is 28.8 Å². The first-order valence-corrected chi connectivity index (χ1v) is 7.98. The predicted octanol–water partition coefficient (Wildman–Crippen LogP) is 2.80. The van der Waals surface area contributed by atoms with Crippen LogP contribution in [0.1, 0.15) is 17.5 Å². The van der Waals surface area contributed by atoms with Crippen LogP contribution in [0.5, 0.6) is 0 Å². The van der Waals surface area contributed by atoms with E-state index in [4.69, 9.17) is 4.74 Å². The number of benzene rings is 2. The lowest BCUT2D eigenvalue weighted by Crippen LogP contribution is -2.44. The van der Waals surface area contributed by atoms with Crippen LogP contribution in [0.2, 0.25) is 0 Å². The summed E-state index contributed by atoms with van der Waals surface area (Å²) in [6, 6.07) is 13.1. The van der Waals surface area contributed by atoms with Crippen LogP contribution in [0.25, 0.3) is 5.57 Å². The lowest BCUT2D eigenvalue weighted by Gasteiger charge is -2.32. The molecule has 0 saturated carbocycles. The minimum Gasteiger partial charge on any atom is -0.440 e. The van der Waals surface area contributed by atoms with Gasteiger partial charge in [-0.15, -0.1) is 0 Å². The average Bonchev–Trinajstić information content (AvgIpc) is 2.84. The Bertz CT molecular complexity index is 980. The van der Waals surface area contributed by atoms with Crippen molar-refractivity contribution in [2.75, 3.05) is 11.9 Å². The van der Waals surface area contributed by atoms with Crippen molar-refractivity contribution in [3.05, 3.63) is 75.8 Å². The van der Waals surface area contributed by atoms with Gasteiger partial charge in [-0.05, 0) is 29.3 Å². The number of nitrogens with zero attached hydrogens (tertiary/aromatic N) is 2. The number of amides is 1. The summed E-state index contributed by atoms with van der Waals surface area (Å²) in [5, 5.41) is 10.8. The first-order chi connectivity index (χ1) is 12.4. The fourth-order valence-electron chi connectivity index (χ4n) is 3.55. The molecule has 2 aliphatic heterocycles. The molecule has 0 unspecified atom stereocenters. The summed E-state index contributed by atoms with van der Waals surface area (Å²) in [6.07, 6.45) is 1.51. The molecule has 130 valence electrons. The van der Waals surface area contributed by atoms with Crippen LogP contribution in [-0.2, 0) is 19.9 Å². The summed E-state index contributed by atoms with van der Waals surface area (Å²) in [7, 11) is 1.65. The van der Waals surface area contributed by atoms with Gasteiger partial charge in [-0.1, -0.05) is 18.2 Å². The zero-order valence-corrected chi connectivity index (χ0v) is 13.8. The van der Waals surface area contributed by atoms with E-state index in [2.05, 4.69) is 0 Å². The first-order valence-electron chi connectivity index (χ1n) is 7.98. The van der Waals surface area contributed by atoms with Gasteiger partial charge < -0.3 is 9.64 Å². The number of hydrogen-bond donors (Lipinski definition) is 0. The van der Waals surface area contributed by atoms with Crippen LogP contribution >= 0.6 is 0 Å². The van der Waals surface area contributed by atoms with Crippen molar-refractivity contribution in [2.24, 2.45) is 0 Å². The molecular weight excluding hydrogens is 336 g/mol. The van der Waals surface area contributed by atoms with Crippen LogP contribution in [0.3, 0.4) is 0 Å². The van der Waals surface area contributed by atoms with Crippen molar-refractivity contribution in [2.45, 2.75) is 12.0 Å². The molecule has 1 spiro atoms. The first kappa shape index (κ1) is 16.0. The molecule has 0 fully saturated rings. The quantitative estimate of drug-likeness (QED) is 0.472. The smallest absolute Gasteiger partial charge is 0.332 e. The highest BCUT2D eigenvalue weighted by Gasteiger charge is 2.54. The maximum atomic E-state index is 12.9.